The first-order chi connectivity index (χ1) is 12.7. The molecule has 0 unspecified atom stereocenters. The highest BCUT2D eigenvalue weighted by molar-refractivity contribution is 5.95. The van der Waals surface area contributed by atoms with Crippen molar-refractivity contribution in [1.29, 1.82) is 5.26 Å². The van der Waals surface area contributed by atoms with Crippen molar-refractivity contribution in [3.8, 4) is 6.07 Å². The fraction of sp³-hybridized carbons (Fsp3) is 0.391. The molecular formula is C23H24N2O. The van der Waals surface area contributed by atoms with E-state index in [-0.39, 0.29) is 5.91 Å². The molecule has 2 aromatic carbocycles. The summed E-state index contributed by atoms with van der Waals surface area (Å²) in [4.78, 5) is 14.9. The van der Waals surface area contributed by atoms with Crippen molar-refractivity contribution in [3.05, 3.63) is 70.3 Å². The second-order valence-electron chi connectivity index (χ2n) is 7.65. The number of carbonyl (C=O) groups is 1. The van der Waals surface area contributed by atoms with Gasteiger partial charge in [0, 0.05) is 18.7 Å². The Bertz CT molecular complexity index is 851. The van der Waals surface area contributed by atoms with Crippen molar-refractivity contribution >= 4 is 5.91 Å². The molecule has 2 aliphatic rings. The van der Waals surface area contributed by atoms with Crippen LogP contribution in [0.3, 0.4) is 0 Å². The summed E-state index contributed by atoms with van der Waals surface area (Å²) in [6.45, 7) is 3.66. The summed E-state index contributed by atoms with van der Waals surface area (Å²) in [5, 5.41) is 8.92. The molecule has 1 aliphatic carbocycles. The highest BCUT2D eigenvalue weighted by Crippen LogP contribution is 2.40. The van der Waals surface area contributed by atoms with E-state index in [2.05, 4.69) is 37.3 Å². The molecule has 132 valence electrons. The van der Waals surface area contributed by atoms with Gasteiger partial charge in [-0.15, -0.1) is 0 Å². The van der Waals surface area contributed by atoms with Crippen molar-refractivity contribution < 1.29 is 4.79 Å². The molecule has 1 amide bonds. The highest BCUT2D eigenvalue weighted by Gasteiger charge is 2.27. The van der Waals surface area contributed by atoms with Gasteiger partial charge in [0.15, 0.2) is 0 Å². The van der Waals surface area contributed by atoms with Crippen LogP contribution >= 0.6 is 0 Å². The Kier molecular flexibility index (Phi) is 4.51. The second kappa shape index (κ2) is 6.96. The summed E-state index contributed by atoms with van der Waals surface area (Å²) >= 11 is 0. The van der Waals surface area contributed by atoms with E-state index < -0.39 is 0 Å². The molecule has 0 atom stereocenters. The smallest absolute Gasteiger partial charge is 0.254 e. The molecule has 0 spiro atoms. The summed E-state index contributed by atoms with van der Waals surface area (Å²) in [6, 6.07) is 16.4. The van der Waals surface area contributed by atoms with E-state index in [0.717, 1.165) is 43.0 Å². The van der Waals surface area contributed by atoms with Crippen LogP contribution in [-0.4, -0.2) is 23.9 Å². The van der Waals surface area contributed by atoms with E-state index in [1.54, 1.807) is 0 Å². The molecule has 26 heavy (non-hydrogen) atoms. The molecule has 2 fully saturated rings. The van der Waals surface area contributed by atoms with Crippen LogP contribution in [0.25, 0.3) is 0 Å². The number of rotatable bonds is 3. The zero-order chi connectivity index (χ0) is 18.1. The van der Waals surface area contributed by atoms with Crippen LogP contribution < -0.4 is 0 Å². The first-order valence-electron chi connectivity index (χ1n) is 9.55. The van der Waals surface area contributed by atoms with Gasteiger partial charge in [-0.05, 0) is 79.3 Å². The van der Waals surface area contributed by atoms with Gasteiger partial charge >= 0.3 is 0 Å². The Morgan fingerprint density at radius 3 is 2.15 bits per heavy atom. The lowest BCUT2D eigenvalue weighted by molar-refractivity contribution is 0.0712. The fourth-order valence-electron chi connectivity index (χ4n) is 4.01. The molecule has 3 nitrogen and oxygen atoms in total. The van der Waals surface area contributed by atoms with Gasteiger partial charge in [-0.25, -0.2) is 0 Å². The van der Waals surface area contributed by atoms with Crippen LogP contribution in [-0.2, 0) is 0 Å². The van der Waals surface area contributed by atoms with Crippen molar-refractivity contribution in [1.82, 2.24) is 4.90 Å². The molecule has 0 aromatic heterocycles. The highest BCUT2D eigenvalue weighted by atomic mass is 16.2. The van der Waals surface area contributed by atoms with E-state index in [9.17, 15) is 4.79 Å². The van der Waals surface area contributed by atoms with Crippen LogP contribution in [0, 0.1) is 18.3 Å². The zero-order valence-electron chi connectivity index (χ0n) is 15.2. The SMILES string of the molecule is Cc1cc(C2CC2)ccc1C(=O)N1CCC(c2ccc(C#N)cc2)CC1. The lowest BCUT2D eigenvalue weighted by atomic mass is 9.88. The average Bonchev–Trinajstić information content (AvgIpc) is 3.53. The Balaban J connectivity index is 1.41. The number of likely N-dealkylation sites (tertiary alicyclic amines) is 1. The van der Waals surface area contributed by atoms with Crippen LogP contribution in [0.1, 0.15) is 70.1 Å². The van der Waals surface area contributed by atoms with Gasteiger partial charge in [0.1, 0.15) is 0 Å². The Hall–Kier alpha value is -2.60. The lowest BCUT2D eigenvalue weighted by Crippen LogP contribution is -2.38. The van der Waals surface area contributed by atoms with Gasteiger partial charge in [-0.1, -0.05) is 24.3 Å². The molecular weight excluding hydrogens is 320 g/mol. The number of nitriles is 1. The first-order valence-corrected chi connectivity index (χ1v) is 9.55. The maximum Gasteiger partial charge on any atom is 0.254 e. The van der Waals surface area contributed by atoms with Gasteiger partial charge in [0.25, 0.3) is 5.91 Å². The lowest BCUT2D eigenvalue weighted by Gasteiger charge is -2.32. The molecule has 0 N–H and O–H groups in total. The van der Waals surface area contributed by atoms with Gasteiger partial charge < -0.3 is 4.90 Å². The van der Waals surface area contributed by atoms with Gasteiger partial charge in [0.05, 0.1) is 11.6 Å². The number of aryl methyl sites for hydroxylation is 1. The number of nitrogens with zero attached hydrogens (tertiary/aromatic N) is 2. The van der Waals surface area contributed by atoms with Gasteiger partial charge in [-0.2, -0.15) is 5.26 Å². The molecule has 1 heterocycles. The fourth-order valence-corrected chi connectivity index (χ4v) is 4.01. The third-order valence-corrected chi connectivity index (χ3v) is 5.82. The van der Waals surface area contributed by atoms with Gasteiger partial charge in [-0.3, -0.25) is 4.79 Å². The number of carbonyl (C=O) groups excluding carboxylic acids is 1. The number of amides is 1. The van der Waals surface area contributed by atoms with E-state index in [4.69, 9.17) is 5.26 Å². The van der Waals surface area contributed by atoms with Crippen molar-refractivity contribution in [2.75, 3.05) is 13.1 Å². The number of hydrogen-bond donors (Lipinski definition) is 0. The number of piperidine rings is 1. The normalized spacial score (nSPS) is 17.8. The molecule has 2 aromatic rings. The predicted molar refractivity (Wildman–Crippen MR) is 102 cm³/mol. The maximum atomic E-state index is 12.9. The second-order valence-corrected chi connectivity index (χ2v) is 7.65. The van der Waals surface area contributed by atoms with Crippen LogP contribution in [0.15, 0.2) is 42.5 Å². The third-order valence-electron chi connectivity index (χ3n) is 5.82. The first kappa shape index (κ1) is 16.8. The monoisotopic (exact) mass is 344 g/mol. The molecule has 3 heteroatoms. The van der Waals surface area contributed by atoms with Crippen molar-refractivity contribution in [2.24, 2.45) is 0 Å². The van der Waals surface area contributed by atoms with Crippen LogP contribution in [0.4, 0.5) is 0 Å². The molecule has 0 bridgehead atoms. The molecule has 0 radical (unpaired) electrons. The Morgan fingerprint density at radius 2 is 1.58 bits per heavy atom. The average molecular weight is 344 g/mol. The van der Waals surface area contributed by atoms with Crippen LogP contribution in [0.5, 0.6) is 0 Å². The van der Waals surface area contributed by atoms with Crippen molar-refractivity contribution in [2.45, 2.75) is 44.4 Å². The van der Waals surface area contributed by atoms with Crippen LogP contribution in [0.2, 0.25) is 0 Å². The van der Waals surface area contributed by atoms with Gasteiger partial charge in [0.2, 0.25) is 0 Å². The van der Waals surface area contributed by atoms with Crippen molar-refractivity contribution in [3.63, 3.8) is 0 Å². The summed E-state index contributed by atoms with van der Waals surface area (Å²) in [5.41, 5.74) is 5.32. The predicted octanol–water partition coefficient (Wildman–Crippen LogP) is 4.76. The largest absolute Gasteiger partial charge is 0.339 e. The van der Waals surface area contributed by atoms with E-state index in [1.807, 2.05) is 23.1 Å². The van der Waals surface area contributed by atoms with E-state index in [0.29, 0.717) is 11.5 Å². The standard InChI is InChI=1S/C23H24N2O/c1-16-14-21(19-6-7-19)8-9-22(16)23(26)25-12-10-20(11-13-25)18-4-2-17(15-24)3-5-18/h2-5,8-9,14,19-20H,6-7,10-13H2,1H3. The van der Waals surface area contributed by atoms with E-state index in [1.165, 1.54) is 24.0 Å². The summed E-state index contributed by atoms with van der Waals surface area (Å²) < 4.78 is 0. The zero-order valence-corrected chi connectivity index (χ0v) is 15.2. The molecule has 1 saturated carbocycles. The number of hydrogen-bond acceptors (Lipinski definition) is 2. The molecule has 4 rings (SSSR count). The summed E-state index contributed by atoms with van der Waals surface area (Å²) in [6.07, 6.45) is 4.54. The topological polar surface area (TPSA) is 44.1 Å². The molecule has 1 saturated heterocycles. The minimum absolute atomic E-state index is 0.170. The minimum atomic E-state index is 0.170. The quantitative estimate of drug-likeness (QED) is 0.805. The minimum Gasteiger partial charge on any atom is -0.339 e. The maximum absolute atomic E-state index is 12.9. The van der Waals surface area contributed by atoms with E-state index >= 15 is 0 Å². The molecule has 1 aliphatic heterocycles. The number of benzene rings is 2. The third kappa shape index (κ3) is 3.37. The Labute approximate surface area is 155 Å². The Morgan fingerprint density at radius 1 is 0.962 bits per heavy atom. The summed E-state index contributed by atoms with van der Waals surface area (Å²) in [5.74, 6) is 1.37. The summed E-state index contributed by atoms with van der Waals surface area (Å²) in [7, 11) is 0.